The van der Waals surface area contributed by atoms with Gasteiger partial charge in [-0.3, -0.25) is 0 Å². The van der Waals surface area contributed by atoms with Crippen LogP contribution in [0, 0.1) is 0 Å². The highest BCUT2D eigenvalue weighted by atomic mass is 35.6. The van der Waals surface area contributed by atoms with Gasteiger partial charge in [-0.15, -0.1) is 10.2 Å². The molecule has 0 aliphatic heterocycles. The molecule has 0 saturated heterocycles. The maximum atomic E-state index is 6.35. The van der Waals surface area contributed by atoms with Crippen LogP contribution in [-0.2, 0) is 8.85 Å². The first kappa shape index (κ1) is 20.5. The van der Waals surface area contributed by atoms with Gasteiger partial charge in [0, 0.05) is 20.4 Å². The molecule has 2 aromatic rings. The van der Waals surface area contributed by atoms with Crippen molar-refractivity contribution in [2.45, 2.75) is 20.4 Å². The zero-order valence-corrected chi connectivity index (χ0v) is 17.2. The van der Waals surface area contributed by atoms with E-state index in [4.69, 9.17) is 19.9 Å². The Labute approximate surface area is 164 Å². The fourth-order valence-electron chi connectivity index (χ4n) is 2.02. The van der Waals surface area contributed by atoms with Crippen LogP contribution < -0.4 is 0 Å². The highest BCUT2D eigenvalue weighted by Gasteiger charge is 2.35. The van der Waals surface area contributed by atoms with Gasteiger partial charge >= 0.3 is 7.87 Å². The second-order valence-corrected chi connectivity index (χ2v) is 9.73. The molecule has 0 aromatic heterocycles. The standard InChI is InChI=1S/C19H21ClN4O2Si/c1-16(23-21-14-18-10-6-4-7-11-18)25-27(3,20)26-17(2)24-22-15-19-12-8-5-9-13-19/h4-15H,1-3H3/b21-14+,22-15+,23-16+,24-17+. The summed E-state index contributed by atoms with van der Waals surface area (Å²) >= 11 is 6.35. The van der Waals surface area contributed by atoms with Crippen LogP contribution >= 0.6 is 11.1 Å². The quantitative estimate of drug-likeness (QED) is 0.231. The van der Waals surface area contributed by atoms with Crippen LogP contribution in [0.2, 0.25) is 6.55 Å². The largest absolute Gasteiger partial charge is 0.567 e. The zero-order chi connectivity index (χ0) is 19.5. The summed E-state index contributed by atoms with van der Waals surface area (Å²) in [6, 6.07) is 19.3. The first-order valence-corrected chi connectivity index (χ1v) is 11.6. The van der Waals surface area contributed by atoms with Gasteiger partial charge in [-0.2, -0.15) is 10.2 Å². The molecule has 0 fully saturated rings. The molecule has 0 aliphatic carbocycles. The molecule has 0 saturated carbocycles. The van der Waals surface area contributed by atoms with E-state index in [1.54, 1.807) is 32.8 Å². The van der Waals surface area contributed by atoms with Crippen LogP contribution in [0.5, 0.6) is 0 Å². The summed E-state index contributed by atoms with van der Waals surface area (Å²) in [5, 5.41) is 15.9. The minimum Gasteiger partial charge on any atom is -0.489 e. The number of nitrogens with zero attached hydrogens (tertiary/aromatic N) is 4. The maximum absolute atomic E-state index is 6.35. The fraction of sp³-hybridized carbons (Fsp3) is 0.158. The van der Waals surface area contributed by atoms with Gasteiger partial charge in [-0.05, 0) is 11.1 Å². The van der Waals surface area contributed by atoms with Gasteiger partial charge < -0.3 is 8.85 Å². The molecule has 2 rings (SSSR count). The number of hydrogen-bond acceptors (Lipinski definition) is 6. The molecule has 0 N–H and O–H groups in total. The molecule has 6 nitrogen and oxygen atoms in total. The van der Waals surface area contributed by atoms with Crippen molar-refractivity contribution in [2.75, 3.05) is 0 Å². The molecule has 0 spiro atoms. The summed E-state index contributed by atoms with van der Waals surface area (Å²) in [6.07, 6.45) is 3.26. The molecule has 140 valence electrons. The summed E-state index contributed by atoms with van der Waals surface area (Å²) in [5.41, 5.74) is 1.88. The average Bonchev–Trinajstić information content (AvgIpc) is 2.62. The molecule has 0 atom stereocenters. The van der Waals surface area contributed by atoms with Gasteiger partial charge in [0.2, 0.25) is 0 Å². The smallest absolute Gasteiger partial charge is 0.489 e. The van der Waals surface area contributed by atoms with Crippen LogP contribution in [-0.4, -0.2) is 32.1 Å². The van der Waals surface area contributed by atoms with Crippen LogP contribution in [0.15, 0.2) is 81.1 Å². The predicted octanol–water partition coefficient (Wildman–Crippen LogP) is 4.73. The minimum atomic E-state index is -3.03. The predicted molar refractivity (Wildman–Crippen MR) is 114 cm³/mol. The van der Waals surface area contributed by atoms with Crippen LogP contribution in [0.25, 0.3) is 0 Å². The van der Waals surface area contributed by atoms with Crippen LogP contribution in [0.1, 0.15) is 25.0 Å². The first-order chi connectivity index (χ1) is 12.9. The van der Waals surface area contributed by atoms with Crippen molar-refractivity contribution in [3.8, 4) is 0 Å². The highest BCUT2D eigenvalue weighted by molar-refractivity contribution is 7.13. The second-order valence-electron chi connectivity index (χ2n) is 5.59. The molecular weight excluding hydrogens is 380 g/mol. The molecular formula is C19H21ClN4O2Si. The van der Waals surface area contributed by atoms with Crippen molar-refractivity contribution < 1.29 is 8.85 Å². The Kier molecular flexibility index (Phi) is 7.91. The average molecular weight is 401 g/mol. The fourth-order valence-corrected chi connectivity index (χ4v) is 3.87. The van der Waals surface area contributed by atoms with E-state index in [0.29, 0.717) is 11.8 Å². The van der Waals surface area contributed by atoms with E-state index in [9.17, 15) is 0 Å². The molecule has 0 heterocycles. The van der Waals surface area contributed by atoms with E-state index in [1.165, 1.54) is 0 Å². The Hall–Kier alpha value is -2.77. The molecule has 0 radical (unpaired) electrons. The van der Waals surface area contributed by atoms with Crippen LogP contribution in [0.3, 0.4) is 0 Å². The molecule has 27 heavy (non-hydrogen) atoms. The highest BCUT2D eigenvalue weighted by Crippen LogP contribution is 2.14. The first-order valence-electron chi connectivity index (χ1n) is 8.27. The van der Waals surface area contributed by atoms with Crippen molar-refractivity contribution >= 4 is 43.2 Å². The van der Waals surface area contributed by atoms with E-state index in [2.05, 4.69) is 20.4 Å². The molecule has 8 heteroatoms. The van der Waals surface area contributed by atoms with E-state index < -0.39 is 7.87 Å². The third-order valence-electron chi connectivity index (χ3n) is 3.07. The summed E-state index contributed by atoms with van der Waals surface area (Å²) in [4.78, 5) is 0. The molecule has 0 amide bonds. The lowest BCUT2D eigenvalue weighted by atomic mass is 10.2. The van der Waals surface area contributed by atoms with Crippen molar-refractivity contribution in [3.63, 3.8) is 0 Å². The summed E-state index contributed by atoms with van der Waals surface area (Å²) in [6.45, 7) is 5.01. The van der Waals surface area contributed by atoms with E-state index in [1.807, 2.05) is 60.7 Å². The van der Waals surface area contributed by atoms with E-state index in [0.717, 1.165) is 11.1 Å². The molecule has 0 bridgehead atoms. The van der Waals surface area contributed by atoms with Gasteiger partial charge in [0.15, 0.2) is 11.8 Å². The van der Waals surface area contributed by atoms with Crippen molar-refractivity contribution in [1.29, 1.82) is 0 Å². The Morgan fingerprint density at radius 3 is 1.52 bits per heavy atom. The zero-order valence-electron chi connectivity index (χ0n) is 15.4. The normalized spacial score (nSPS) is 15.1. The van der Waals surface area contributed by atoms with Crippen molar-refractivity contribution in [1.82, 2.24) is 0 Å². The number of rotatable bonds is 6. The van der Waals surface area contributed by atoms with E-state index in [-0.39, 0.29) is 0 Å². The van der Waals surface area contributed by atoms with Crippen LogP contribution in [0.4, 0.5) is 0 Å². The Bertz CT molecular complexity index is 768. The van der Waals surface area contributed by atoms with Crippen molar-refractivity contribution in [3.05, 3.63) is 71.8 Å². The summed E-state index contributed by atoms with van der Waals surface area (Å²) in [5.74, 6) is 0.624. The SMILES string of the molecule is C/C(=N\N=C\c1ccccc1)O[Si](C)(Cl)O/C(C)=N/N=C/c1ccccc1. The lowest BCUT2D eigenvalue weighted by Gasteiger charge is -2.20. The lowest BCUT2D eigenvalue weighted by molar-refractivity contribution is 0.401. The number of hydrogen-bond donors (Lipinski definition) is 0. The minimum absolute atomic E-state index is 0.312. The van der Waals surface area contributed by atoms with E-state index >= 15 is 0 Å². The molecule has 2 aromatic carbocycles. The van der Waals surface area contributed by atoms with Crippen molar-refractivity contribution in [2.24, 2.45) is 20.4 Å². The monoisotopic (exact) mass is 400 g/mol. The van der Waals surface area contributed by atoms with Gasteiger partial charge in [-0.25, -0.2) is 0 Å². The van der Waals surface area contributed by atoms with Gasteiger partial charge in [0.25, 0.3) is 0 Å². The third-order valence-corrected chi connectivity index (χ3v) is 4.85. The third kappa shape index (κ3) is 8.43. The Morgan fingerprint density at radius 2 is 1.15 bits per heavy atom. The van der Waals surface area contributed by atoms with Gasteiger partial charge in [-0.1, -0.05) is 71.7 Å². The second kappa shape index (κ2) is 10.4. The number of halogens is 1. The summed E-state index contributed by atoms with van der Waals surface area (Å²) < 4.78 is 11.2. The Morgan fingerprint density at radius 1 is 0.778 bits per heavy atom. The number of benzene rings is 2. The Balaban J connectivity index is 1.88. The summed E-state index contributed by atoms with van der Waals surface area (Å²) in [7, 11) is -3.03. The maximum Gasteiger partial charge on any atom is 0.567 e. The van der Waals surface area contributed by atoms with Gasteiger partial charge in [0.1, 0.15) is 0 Å². The molecule has 0 aliphatic rings. The molecule has 0 unspecified atom stereocenters. The van der Waals surface area contributed by atoms with Gasteiger partial charge in [0.05, 0.1) is 12.4 Å². The topological polar surface area (TPSA) is 67.9 Å². The lowest BCUT2D eigenvalue weighted by Crippen LogP contribution is -2.35.